The summed E-state index contributed by atoms with van der Waals surface area (Å²) < 4.78 is 0. The molecule has 7 heteroatoms. The molecule has 0 saturated carbocycles. The Morgan fingerprint density at radius 1 is 1.25 bits per heavy atom. The van der Waals surface area contributed by atoms with Crippen molar-refractivity contribution in [2.45, 2.75) is 33.2 Å². The third kappa shape index (κ3) is 5.46. The van der Waals surface area contributed by atoms with E-state index in [2.05, 4.69) is 5.32 Å². The lowest BCUT2D eigenvalue weighted by molar-refractivity contribution is -0.138. The molecular formula is C13H25N3O4. The van der Waals surface area contributed by atoms with Gasteiger partial charge in [0.15, 0.2) is 0 Å². The fourth-order valence-corrected chi connectivity index (χ4v) is 2.04. The van der Waals surface area contributed by atoms with Gasteiger partial charge < -0.3 is 20.2 Å². The van der Waals surface area contributed by atoms with Crippen LogP contribution in [0, 0.1) is 5.92 Å². The van der Waals surface area contributed by atoms with Crippen LogP contribution in [0.4, 0.5) is 4.79 Å². The highest BCUT2D eigenvalue weighted by Crippen LogP contribution is 2.09. The van der Waals surface area contributed by atoms with Gasteiger partial charge in [-0.15, -0.1) is 0 Å². The molecule has 0 saturated heterocycles. The average molecular weight is 287 g/mol. The van der Waals surface area contributed by atoms with Crippen LogP contribution in [-0.4, -0.2) is 66.0 Å². The van der Waals surface area contributed by atoms with Crippen molar-refractivity contribution in [2.24, 2.45) is 5.92 Å². The van der Waals surface area contributed by atoms with Gasteiger partial charge in [-0.2, -0.15) is 0 Å². The van der Waals surface area contributed by atoms with Gasteiger partial charge in [0.05, 0.1) is 12.3 Å². The summed E-state index contributed by atoms with van der Waals surface area (Å²) in [5.41, 5.74) is 0. The molecule has 116 valence electrons. The Morgan fingerprint density at radius 3 is 2.20 bits per heavy atom. The summed E-state index contributed by atoms with van der Waals surface area (Å²) in [4.78, 5) is 37.4. The van der Waals surface area contributed by atoms with Gasteiger partial charge in [-0.1, -0.05) is 6.92 Å². The van der Waals surface area contributed by atoms with Gasteiger partial charge >= 0.3 is 12.0 Å². The molecule has 2 unspecified atom stereocenters. The van der Waals surface area contributed by atoms with E-state index in [1.54, 1.807) is 34.9 Å². The summed E-state index contributed by atoms with van der Waals surface area (Å²) in [5.74, 6) is -1.39. The summed E-state index contributed by atoms with van der Waals surface area (Å²) in [6, 6.07) is -0.653. The van der Waals surface area contributed by atoms with E-state index in [4.69, 9.17) is 5.11 Å². The predicted octanol–water partition coefficient (Wildman–Crippen LogP) is 0.605. The van der Waals surface area contributed by atoms with Crippen LogP contribution in [0.5, 0.6) is 0 Å². The van der Waals surface area contributed by atoms with Crippen LogP contribution in [0.25, 0.3) is 0 Å². The zero-order valence-corrected chi connectivity index (χ0v) is 12.8. The molecule has 0 aromatic heterocycles. The molecule has 0 aromatic rings. The van der Waals surface area contributed by atoms with Crippen molar-refractivity contribution in [1.29, 1.82) is 0 Å². The zero-order valence-electron chi connectivity index (χ0n) is 12.8. The minimum atomic E-state index is -0.940. The highest BCUT2D eigenvalue weighted by Gasteiger charge is 2.25. The normalized spacial score (nSPS) is 13.2. The van der Waals surface area contributed by atoms with Crippen molar-refractivity contribution in [1.82, 2.24) is 15.1 Å². The quantitative estimate of drug-likeness (QED) is 0.717. The topological polar surface area (TPSA) is 90.0 Å². The maximum Gasteiger partial charge on any atom is 0.320 e. The van der Waals surface area contributed by atoms with Gasteiger partial charge in [0.2, 0.25) is 5.91 Å². The molecule has 20 heavy (non-hydrogen) atoms. The molecule has 0 heterocycles. The molecule has 2 atom stereocenters. The highest BCUT2D eigenvalue weighted by molar-refractivity contribution is 5.80. The number of carbonyl (C=O) groups excluding carboxylic acids is 2. The SMILES string of the molecule is CCN(C(=O)N(C)CC(C)C(=O)NC)C(C)CC(=O)O. The maximum atomic E-state index is 12.3. The van der Waals surface area contributed by atoms with E-state index in [9.17, 15) is 14.4 Å². The summed E-state index contributed by atoms with van der Waals surface area (Å²) in [5, 5.41) is 11.3. The fraction of sp³-hybridized carbons (Fsp3) is 0.769. The van der Waals surface area contributed by atoms with Crippen molar-refractivity contribution >= 4 is 17.9 Å². The average Bonchev–Trinajstić information content (AvgIpc) is 2.37. The molecule has 0 spiro atoms. The van der Waals surface area contributed by atoms with Gasteiger partial charge in [-0.25, -0.2) is 4.79 Å². The van der Waals surface area contributed by atoms with Crippen molar-refractivity contribution in [3.05, 3.63) is 0 Å². The molecule has 0 aliphatic carbocycles. The lowest BCUT2D eigenvalue weighted by Crippen LogP contribution is -2.48. The number of hydrogen-bond acceptors (Lipinski definition) is 3. The number of carbonyl (C=O) groups is 3. The molecule has 0 bridgehead atoms. The first-order chi connectivity index (χ1) is 9.24. The first-order valence-corrected chi connectivity index (χ1v) is 6.69. The van der Waals surface area contributed by atoms with E-state index in [-0.39, 0.29) is 36.9 Å². The van der Waals surface area contributed by atoms with E-state index < -0.39 is 5.97 Å². The zero-order chi connectivity index (χ0) is 15.9. The van der Waals surface area contributed by atoms with Crippen LogP contribution in [0.1, 0.15) is 27.2 Å². The summed E-state index contributed by atoms with van der Waals surface area (Å²) in [7, 11) is 3.16. The molecule has 0 rings (SSSR count). The Bertz CT molecular complexity index is 360. The van der Waals surface area contributed by atoms with Crippen LogP contribution in [0.2, 0.25) is 0 Å². The Morgan fingerprint density at radius 2 is 1.80 bits per heavy atom. The molecule has 0 aromatic carbocycles. The lowest BCUT2D eigenvalue weighted by atomic mass is 10.1. The van der Waals surface area contributed by atoms with Gasteiger partial charge in [0, 0.05) is 33.2 Å². The number of rotatable bonds is 7. The van der Waals surface area contributed by atoms with Gasteiger partial charge in [-0.05, 0) is 13.8 Å². The summed E-state index contributed by atoms with van der Waals surface area (Å²) >= 11 is 0. The van der Waals surface area contributed by atoms with E-state index in [0.29, 0.717) is 6.54 Å². The highest BCUT2D eigenvalue weighted by atomic mass is 16.4. The first-order valence-electron chi connectivity index (χ1n) is 6.69. The number of aliphatic carboxylic acids is 1. The maximum absolute atomic E-state index is 12.3. The van der Waals surface area contributed by atoms with Crippen molar-refractivity contribution in [3.8, 4) is 0 Å². The molecule has 0 radical (unpaired) electrons. The van der Waals surface area contributed by atoms with Gasteiger partial charge in [-0.3, -0.25) is 9.59 Å². The van der Waals surface area contributed by atoms with Crippen molar-refractivity contribution in [3.63, 3.8) is 0 Å². The molecule has 2 N–H and O–H groups in total. The summed E-state index contributed by atoms with van der Waals surface area (Å²) in [6.45, 7) is 5.94. The van der Waals surface area contributed by atoms with Crippen LogP contribution >= 0.6 is 0 Å². The van der Waals surface area contributed by atoms with Crippen LogP contribution < -0.4 is 5.32 Å². The van der Waals surface area contributed by atoms with E-state index in [0.717, 1.165) is 0 Å². The fourth-order valence-electron chi connectivity index (χ4n) is 2.04. The second kappa shape index (κ2) is 8.39. The minimum absolute atomic E-state index is 0.0988. The molecule has 7 nitrogen and oxygen atoms in total. The molecule has 0 aliphatic heterocycles. The number of nitrogens with zero attached hydrogens (tertiary/aromatic N) is 2. The minimum Gasteiger partial charge on any atom is -0.481 e. The second-order valence-corrected chi connectivity index (χ2v) is 4.91. The standard InChI is InChI=1S/C13H25N3O4/c1-6-16(10(3)7-11(17)18)13(20)15(5)8-9(2)12(19)14-4/h9-10H,6-8H2,1-5H3,(H,14,19)(H,17,18). The van der Waals surface area contributed by atoms with Crippen molar-refractivity contribution in [2.75, 3.05) is 27.2 Å². The first kappa shape index (κ1) is 18.2. The van der Waals surface area contributed by atoms with Crippen LogP contribution in [-0.2, 0) is 9.59 Å². The van der Waals surface area contributed by atoms with E-state index in [1.165, 1.54) is 9.80 Å². The largest absolute Gasteiger partial charge is 0.481 e. The Labute approximate surface area is 119 Å². The molecule has 0 fully saturated rings. The second-order valence-electron chi connectivity index (χ2n) is 4.91. The summed E-state index contributed by atoms with van der Waals surface area (Å²) in [6.07, 6.45) is -0.0988. The smallest absolute Gasteiger partial charge is 0.320 e. The number of hydrogen-bond donors (Lipinski definition) is 2. The van der Waals surface area contributed by atoms with E-state index >= 15 is 0 Å². The van der Waals surface area contributed by atoms with Crippen LogP contribution in [0.15, 0.2) is 0 Å². The number of carboxylic acids is 1. The van der Waals surface area contributed by atoms with Gasteiger partial charge in [0.25, 0.3) is 0 Å². The Kier molecular flexibility index (Phi) is 7.64. The predicted molar refractivity (Wildman–Crippen MR) is 75.4 cm³/mol. The molecule has 0 aliphatic rings. The lowest BCUT2D eigenvalue weighted by Gasteiger charge is -2.32. The van der Waals surface area contributed by atoms with Crippen molar-refractivity contribution < 1.29 is 19.5 Å². The third-order valence-corrected chi connectivity index (χ3v) is 3.16. The monoisotopic (exact) mass is 287 g/mol. The molecular weight excluding hydrogens is 262 g/mol. The number of urea groups is 1. The Hall–Kier alpha value is -1.79. The number of carboxylic acid groups (broad SMARTS) is 1. The number of nitrogens with one attached hydrogen (secondary N) is 1. The third-order valence-electron chi connectivity index (χ3n) is 3.16. The van der Waals surface area contributed by atoms with Gasteiger partial charge in [0.1, 0.15) is 0 Å². The molecule has 3 amide bonds. The van der Waals surface area contributed by atoms with E-state index in [1.807, 2.05) is 0 Å². The number of amides is 3. The van der Waals surface area contributed by atoms with Crippen LogP contribution in [0.3, 0.4) is 0 Å². The Balaban J connectivity index is 4.67.